The normalized spacial score (nSPS) is 22.8. The average molecular weight is 494 g/mol. The van der Waals surface area contributed by atoms with Gasteiger partial charge in [0.05, 0.1) is 31.1 Å². The lowest BCUT2D eigenvalue weighted by molar-refractivity contribution is -0.0586. The molecule has 3 aromatic carbocycles. The number of aliphatic hydroxyl groups excluding tert-OH is 3. The molecule has 4 aromatic rings. The van der Waals surface area contributed by atoms with Crippen LogP contribution in [-0.4, -0.2) is 59.1 Å². The fourth-order valence-corrected chi connectivity index (χ4v) is 5.06. The molecule has 188 valence electrons. The fourth-order valence-electron chi connectivity index (χ4n) is 5.06. The third-order valence-corrected chi connectivity index (χ3v) is 6.78. The van der Waals surface area contributed by atoms with Gasteiger partial charge >= 0.3 is 5.63 Å². The number of methoxy groups -OCH3 is 2. The Bertz CT molecular complexity index is 1570. The van der Waals surface area contributed by atoms with Crippen molar-refractivity contribution in [3.63, 3.8) is 0 Å². The fraction of sp³-hybridized carbons (Fsp3) is 0.296. The quantitative estimate of drug-likeness (QED) is 0.244. The van der Waals surface area contributed by atoms with Crippen LogP contribution in [0.15, 0.2) is 46.1 Å². The topological polar surface area (TPSA) is 139 Å². The van der Waals surface area contributed by atoms with Crippen LogP contribution in [0.3, 0.4) is 0 Å². The average Bonchev–Trinajstić information content (AvgIpc) is 3.17. The molecule has 4 N–H and O–H groups in total. The molecule has 1 aromatic heterocycles. The number of hydrogen-bond acceptors (Lipinski definition) is 9. The highest BCUT2D eigenvalue weighted by Gasteiger charge is 2.46. The van der Waals surface area contributed by atoms with Crippen LogP contribution in [0.5, 0.6) is 17.2 Å². The van der Waals surface area contributed by atoms with E-state index < -0.39 is 36.1 Å². The highest BCUT2D eigenvalue weighted by molar-refractivity contribution is 6.19. The van der Waals surface area contributed by atoms with Crippen molar-refractivity contribution in [1.82, 2.24) is 0 Å². The van der Waals surface area contributed by atoms with E-state index in [1.54, 1.807) is 24.3 Å². The number of hydrogen-bond donors (Lipinski definition) is 4. The summed E-state index contributed by atoms with van der Waals surface area (Å²) in [6, 6.07) is 7.94. The summed E-state index contributed by atoms with van der Waals surface area (Å²) in [5, 5.41) is 43.8. The highest BCUT2D eigenvalue weighted by Crippen LogP contribution is 2.47. The Morgan fingerprint density at radius 1 is 1.00 bits per heavy atom. The first-order valence-electron chi connectivity index (χ1n) is 11.3. The summed E-state index contributed by atoms with van der Waals surface area (Å²) >= 11 is 0. The predicted octanol–water partition coefficient (Wildman–Crippen LogP) is 3.01. The van der Waals surface area contributed by atoms with E-state index in [9.17, 15) is 25.2 Å². The van der Waals surface area contributed by atoms with Crippen LogP contribution in [-0.2, 0) is 4.74 Å². The summed E-state index contributed by atoms with van der Waals surface area (Å²) in [4.78, 5) is 13.2. The third-order valence-electron chi connectivity index (χ3n) is 6.78. The first-order valence-corrected chi connectivity index (χ1v) is 11.3. The standard InChI is InChI=1S/C27H26O9/c1-5-12-8-15-19(17(9-12)33-3)14-10-18(34-4)21-16(29)7-6-13(20(21)25(14)36-27(15)32)26-23(31)22(30)24(35-26)11(2)28/h5-11,22-24,26,28-31H,1H2,2-4H3/t11-,22+,23+,24?,26+/m0/s1. The lowest BCUT2D eigenvalue weighted by Crippen LogP contribution is -2.36. The van der Waals surface area contributed by atoms with Gasteiger partial charge in [0.2, 0.25) is 0 Å². The van der Waals surface area contributed by atoms with E-state index in [1.165, 1.54) is 33.3 Å². The molecule has 36 heavy (non-hydrogen) atoms. The molecule has 2 heterocycles. The van der Waals surface area contributed by atoms with Crippen molar-refractivity contribution in [1.29, 1.82) is 0 Å². The SMILES string of the molecule is C=Cc1cc(OC)c2c(c1)c(=O)oc1c2cc(OC)c2c(O)ccc([C@H]3OC([C@H](C)O)[C@H](O)[C@H]3O)c21. The largest absolute Gasteiger partial charge is 0.507 e. The Kier molecular flexibility index (Phi) is 5.88. The molecule has 5 rings (SSSR count). The second-order valence-electron chi connectivity index (χ2n) is 8.86. The first-order chi connectivity index (χ1) is 17.2. The number of rotatable bonds is 5. The van der Waals surface area contributed by atoms with E-state index in [2.05, 4.69) is 6.58 Å². The van der Waals surface area contributed by atoms with Crippen LogP contribution in [0, 0.1) is 0 Å². The number of benzene rings is 3. The van der Waals surface area contributed by atoms with Gasteiger partial charge in [0.25, 0.3) is 0 Å². The second kappa shape index (κ2) is 8.79. The Balaban J connectivity index is 1.95. The minimum Gasteiger partial charge on any atom is -0.507 e. The molecule has 5 atom stereocenters. The molecule has 1 saturated heterocycles. The number of aliphatic hydroxyl groups is 3. The maximum Gasteiger partial charge on any atom is 0.344 e. The van der Waals surface area contributed by atoms with Crippen molar-refractivity contribution in [2.24, 2.45) is 0 Å². The van der Waals surface area contributed by atoms with Gasteiger partial charge in [-0.3, -0.25) is 0 Å². The van der Waals surface area contributed by atoms with Gasteiger partial charge < -0.3 is 39.1 Å². The molecule has 0 saturated carbocycles. The minimum absolute atomic E-state index is 0.115. The van der Waals surface area contributed by atoms with Crippen molar-refractivity contribution < 1.29 is 39.1 Å². The van der Waals surface area contributed by atoms with Crippen LogP contribution < -0.4 is 15.1 Å². The monoisotopic (exact) mass is 494 g/mol. The molecule has 1 unspecified atom stereocenters. The van der Waals surface area contributed by atoms with Gasteiger partial charge in [-0.05, 0) is 42.3 Å². The Hall–Kier alpha value is -3.63. The van der Waals surface area contributed by atoms with Gasteiger partial charge in [0.1, 0.15) is 47.2 Å². The van der Waals surface area contributed by atoms with E-state index in [0.29, 0.717) is 27.6 Å². The summed E-state index contributed by atoms with van der Waals surface area (Å²) in [5.74, 6) is 0.538. The van der Waals surface area contributed by atoms with Crippen LogP contribution in [0.1, 0.15) is 24.2 Å². The summed E-state index contributed by atoms with van der Waals surface area (Å²) in [5.41, 5.74) is 0.475. The molecule has 1 aliphatic rings. The van der Waals surface area contributed by atoms with E-state index in [4.69, 9.17) is 18.6 Å². The molecule has 1 aliphatic heterocycles. The van der Waals surface area contributed by atoms with Crippen molar-refractivity contribution in [3.05, 3.63) is 58.5 Å². The van der Waals surface area contributed by atoms with Gasteiger partial charge in [-0.1, -0.05) is 18.7 Å². The zero-order chi connectivity index (χ0) is 25.9. The van der Waals surface area contributed by atoms with E-state index in [-0.39, 0.29) is 33.2 Å². The van der Waals surface area contributed by atoms with Crippen LogP contribution in [0.4, 0.5) is 0 Å². The van der Waals surface area contributed by atoms with Gasteiger partial charge in [-0.25, -0.2) is 4.79 Å². The van der Waals surface area contributed by atoms with E-state index in [1.807, 2.05) is 0 Å². The van der Waals surface area contributed by atoms with Gasteiger partial charge in [0.15, 0.2) is 0 Å². The number of fused-ring (bicyclic) bond motifs is 5. The first kappa shape index (κ1) is 24.1. The minimum atomic E-state index is -1.39. The summed E-state index contributed by atoms with van der Waals surface area (Å²) in [6.45, 7) is 5.21. The Morgan fingerprint density at radius 2 is 1.69 bits per heavy atom. The maximum absolute atomic E-state index is 13.2. The molecule has 0 spiro atoms. The van der Waals surface area contributed by atoms with Crippen molar-refractivity contribution >= 4 is 38.6 Å². The highest BCUT2D eigenvalue weighted by atomic mass is 16.6. The summed E-state index contributed by atoms with van der Waals surface area (Å²) in [6.07, 6.45) is -4.36. The zero-order valence-electron chi connectivity index (χ0n) is 19.9. The number of aromatic hydroxyl groups is 1. The van der Waals surface area contributed by atoms with Crippen LogP contribution in [0.25, 0.3) is 38.6 Å². The lowest BCUT2D eigenvalue weighted by Gasteiger charge is -2.20. The molecule has 0 radical (unpaired) electrons. The van der Waals surface area contributed by atoms with Crippen molar-refractivity contribution in [2.75, 3.05) is 14.2 Å². The van der Waals surface area contributed by atoms with Gasteiger partial charge in [0, 0.05) is 16.2 Å². The Labute approximate surface area is 205 Å². The molecule has 0 amide bonds. The molecule has 0 bridgehead atoms. The van der Waals surface area contributed by atoms with E-state index >= 15 is 0 Å². The zero-order valence-corrected chi connectivity index (χ0v) is 19.9. The molecule has 0 aliphatic carbocycles. The molecule has 1 fully saturated rings. The molecule has 9 heteroatoms. The molecular weight excluding hydrogens is 468 g/mol. The van der Waals surface area contributed by atoms with E-state index in [0.717, 1.165) is 0 Å². The van der Waals surface area contributed by atoms with Crippen LogP contribution >= 0.6 is 0 Å². The lowest BCUT2D eigenvalue weighted by atomic mass is 9.92. The van der Waals surface area contributed by atoms with Gasteiger partial charge in [-0.2, -0.15) is 0 Å². The maximum atomic E-state index is 13.2. The third kappa shape index (κ3) is 3.43. The molecule has 9 nitrogen and oxygen atoms in total. The summed E-state index contributed by atoms with van der Waals surface area (Å²) < 4.78 is 22.9. The van der Waals surface area contributed by atoms with Crippen molar-refractivity contribution in [2.45, 2.75) is 37.4 Å². The predicted molar refractivity (Wildman–Crippen MR) is 134 cm³/mol. The number of phenols is 1. The second-order valence-corrected chi connectivity index (χ2v) is 8.86. The van der Waals surface area contributed by atoms with Gasteiger partial charge in [-0.15, -0.1) is 0 Å². The molecular formula is C27H26O9. The number of phenolic OH excluding ortho intramolecular Hbond substituents is 1. The van der Waals surface area contributed by atoms with Crippen LogP contribution in [0.2, 0.25) is 0 Å². The summed E-state index contributed by atoms with van der Waals surface area (Å²) in [7, 11) is 2.92. The number of ether oxygens (including phenoxy) is 3. The van der Waals surface area contributed by atoms with Crippen molar-refractivity contribution in [3.8, 4) is 17.2 Å². The Morgan fingerprint density at radius 3 is 2.31 bits per heavy atom. The smallest absolute Gasteiger partial charge is 0.344 e.